The van der Waals surface area contributed by atoms with E-state index in [-0.39, 0.29) is 29.1 Å². The molecule has 1 amide bonds. The van der Waals surface area contributed by atoms with E-state index in [4.69, 9.17) is 0 Å². The molecule has 2 bridgehead atoms. The number of likely N-dealkylation sites (tertiary alicyclic amines) is 1. The van der Waals surface area contributed by atoms with E-state index in [1.807, 2.05) is 27.7 Å². The summed E-state index contributed by atoms with van der Waals surface area (Å²) in [4.78, 5) is 27.8. The van der Waals surface area contributed by atoms with Gasteiger partial charge in [-0.15, -0.1) is 0 Å². The topological polar surface area (TPSA) is 42.3 Å². The van der Waals surface area contributed by atoms with Crippen molar-refractivity contribution in [3.8, 4) is 11.1 Å². The number of carbonyl (C=O) groups excluding carboxylic acids is 1. The van der Waals surface area contributed by atoms with Crippen LogP contribution in [0.15, 0.2) is 83.7 Å². The van der Waals surface area contributed by atoms with Crippen molar-refractivity contribution >= 4 is 16.7 Å². The second kappa shape index (κ2) is 7.69. The third kappa shape index (κ3) is 3.44. The first-order chi connectivity index (χ1) is 16.1. The highest BCUT2D eigenvalue weighted by molar-refractivity contribution is 5.94. The van der Waals surface area contributed by atoms with Gasteiger partial charge in [0.25, 0.3) is 11.5 Å². The van der Waals surface area contributed by atoms with Gasteiger partial charge in [0.1, 0.15) is 5.82 Å². The van der Waals surface area contributed by atoms with Gasteiger partial charge in [-0.3, -0.25) is 9.59 Å². The minimum atomic E-state index is -0.351. The summed E-state index contributed by atoms with van der Waals surface area (Å²) in [5.74, 6) is -0.124. The summed E-state index contributed by atoms with van der Waals surface area (Å²) in [5, 5.41) is 2.34. The molecular formula is C28H23FN2O2. The average Bonchev–Trinajstić information content (AvgIpc) is 2.84. The Labute approximate surface area is 190 Å². The smallest absolute Gasteiger partial charge is 0.253 e. The molecule has 2 aliphatic rings. The van der Waals surface area contributed by atoms with Crippen molar-refractivity contribution in [1.82, 2.24) is 9.47 Å². The number of pyridine rings is 1. The van der Waals surface area contributed by atoms with Crippen molar-refractivity contribution in [2.24, 2.45) is 5.92 Å². The van der Waals surface area contributed by atoms with Gasteiger partial charge < -0.3 is 9.47 Å². The highest BCUT2D eigenvalue weighted by Crippen LogP contribution is 2.40. The number of halogens is 1. The van der Waals surface area contributed by atoms with Gasteiger partial charge in [-0.2, -0.15) is 0 Å². The highest BCUT2D eigenvalue weighted by Gasteiger charge is 2.38. The predicted molar refractivity (Wildman–Crippen MR) is 127 cm³/mol. The number of nitrogens with zero attached hydrogens (tertiary/aromatic N) is 2. The molecule has 4 nitrogen and oxygen atoms in total. The van der Waals surface area contributed by atoms with Gasteiger partial charge >= 0.3 is 0 Å². The number of aromatic nitrogens is 1. The SMILES string of the molecule is O=C(c1ccc(F)cc1)N1C[C@@H]2C[C@H](C1)c1c(-c3ccc4ccccc4c3)ccc(=O)n1C2. The first-order valence-corrected chi connectivity index (χ1v) is 11.3. The number of hydrogen-bond acceptors (Lipinski definition) is 2. The number of rotatable bonds is 2. The number of fused-ring (bicyclic) bond motifs is 5. The molecule has 3 heterocycles. The molecule has 0 radical (unpaired) electrons. The van der Waals surface area contributed by atoms with Gasteiger partial charge in [-0.05, 0) is 65.1 Å². The summed E-state index contributed by atoms with van der Waals surface area (Å²) in [6.45, 7) is 1.77. The molecule has 1 aromatic heterocycles. The molecule has 1 fully saturated rings. The van der Waals surface area contributed by atoms with Crippen LogP contribution in [0.2, 0.25) is 0 Å². The van der Waals surface area contributed by atoms with Crippen molar-refractivity contribution in [1.29, 1.82) is 0 Å². The van der Waals surface area contributed by atoms with E-state index < -0.39 is 0 Å². The van der Waals surface area contributed by atoms with Gasteiger partial charge in [-0.1, -0.05) is 36.4 Å². The van der Waals surface area contributed by atoms with Gasteiger partial charge in [0.05, 0.1) is 0 Å². The monoisotopic (exact) mass is 438 g/mol. The Morgan fingerprint density at radius 1 is 0.848 bits per heavy atom. The molecule has 2 atom stereocenters. The van der Waals surface area contributed by atoms with Crippen molar-refractivity contribution in [3.05, 3.63) is 106 Å². The molecule has 6 rings (SSSR count). The Morgan fingerprint density at radius 3 is 2.45 bits per heavy atom. The maximum absolute atomic E-state index is 13.3. The maximum atomic E-state index is 13.3. The third-order valence-corrected chi connectivity index (χ3v) is 7.03. The molecule has 3 aromatic carbocycles. The third-order valence-electron chi connectivity index (χ3n) is 7.03. The molecule has 0 unspecified atom stereocenters. The number of piperidine rings is 1. The zero-order valence-electron chi connectivity index (χ0n) is 18.1. The number of carbonyl (C=O) groups is 1. The highest BCUT2D eigenvalue weighted by atomic mass is 19.1. The quantitative estimate of drug-likeness (QED) is 0.439. The fourth-order valence-corrected chi connectivity index (χ4v) is 5.56. The van der Waals surface area contributed by atoms with Crippen molar-refractivity contribution in [2.45, 2.75) is 18.9 Å². The predicted octanol–water partition coefficient (Wildman–Crippen LogP) is 5.07. The standard InChI is InChI=1S/C28H23FN2O2/c29-24-9-7-20(8-10-24)28(33)30-15-18-13-23(17-30)27-25(11-12-26(32)31(27)16-18)22-6-5-19-3-1-2-4-21(19)14-22/h1-12,14,18,23H,13,15-17H2/t18-,23+/m0/s1. The van der Waals surface area contributed by atoms with Crippen LogP contribution in [0.25, 0.3) is 21.9 Å². The molecule has 5 heteroatoms. The molecule has 0 N–H and O–H groups in total. The molecule has 0 spiro atoms. The lowest BCUT2D eigenvalue weighted by Gasteiger charge is -2.43. The molecule has 1 saturated heterocycles. The Kier molecular flexibility index (Phi) is 4.64. The van der Waals surface area contributed by atoms with Crippen LogP contribution in [-0.2, 0) is 6.54 Å². The Morgan fingerprint density at radius 2 is 1.64 bits per heavy atom. The number of benzene rings is 3. The van der Waals surface area contributed by atoms with Gasteiger partial charge in [0.2, 0.25) is 0 Å². The fraction of sp³-hybridized carbons (Fsp3) is 0.214. The number of amides is 1. The van der Waals surface area contributed by atoms with Crippen LogP contribution in [0.3, 0.4) is 0 Å². The minimum Gasteiger partial charge on any atom is -0.338 e. The fourth-order valence-electron chi connectivity index (χ4n) is 5.56. The lowest BCUT2D eigenvalue weighted by Crippen LogP contribution is -2.49. The van der Waals surface area contributed by atoms with Crippen LogP contribution < -0.4 is 5.56 Å². The summed E-state index contributed by atoms with van der Waals surface area (Å²) < 4.78 is 15.2. The summed E-state index contributed by atoms with van der Waals surface area (Å²) in [6, 6.07) is 24.0. The zero-order valence-corrected chi connectivity index (χ0v) is 18.1. The molecule has 33 heavy (non-hydrogen) atoms. The molecule has 0 aliphatic carbocycles. The summed E-state index contributed by atoms with van der Waals surface area (Å²) in [7, 11) is 0. The summed E-state index contributed by atoms with van der Waals surface area (Å²) >= 11 is 0. The maximum Gasteiger partial charge on any atom is 0.253 e. The van der Waals surface area contributed by atoms with E-state index in [2.05, 4.69) is 30.3 Å². The molecule has 2 aliphatic heterocycles. The Bertz CT molecular complexity index is 1440. The van der Waals surface area contributed by atoms with Crippen LogP contribution in [0, 0.1) is 11.7 Å². The van der Waals surface area contributed by atoms with E-state index in [1.165, 1.54) is 17.5 Å². The Balaban J connectivity index is 1.41. The average molecular weight is 439 g/mol. The van der Waals surface area contributed by atoms with Gasteiger partial charge in [0, 0.05) is 48.4 Å². The second-order valence-electron chi connectivity index (χ2n) is 9.16. The molecule has 0 saturated carbocycles. The van der Waals surface area contributed by atoms with Crippen LogP contribution in [-0.4, -0.2) is 28.5 Å². The van der Waals surface area contributed by atoms with Gasteiger partial charge in [0.15, 0.2) is 0 Å². The van der Waals surface area contributed by atoms with E-state index >= 15 is 0 Å². The van der Waals surface area contributed by atoms with Crippen LogP contribution in [0.4, 0.5) is 4.39 Å². The largest absolute Gasteiger partial charge is 0.338 e. The van der Waals surface area contributed by atoms with Crippen LogP contribution >= 0.6 is 0 Å². The normalized spacial score (nSPS) is 19.4. The first-order valence-electron chi connectivity index (χ1n) is 11.3. The lowest BCUT2D eigenvalue weighted by molar-refractivity contribution is 0.0595. The molecular weight excluding hydrogens is 415 g/mol. The van der Waals surface area contributed by atoms with E-state index in [1.54, 1.807) is 18.2 Å². The van der Waals surface area contributed by atoms with Gasteiger partial charge in [-0.25, -0.2) is 4.39 Å². The van der Waals surface area contributed by atoms with Crippen molar-refractivity contribution in [3.63, 3.8) is 0 Å². The van der Waals surface area contributed by atoms with Crippen LogP contribution in [0.5, 0.6) is 0 Å². The second-order valence-corrected chi connectivity index (χ2v) is 9.16. The van der Waals surface area contributed by atoms with E-state index in [9.17, 15) is 14.0 Å². The molecule has 164 valence electrons. The minimum absolute atomic E-state index is 0.0163. The van der Waals surface area contributed by atoms with E-state index in [0.717, 1.165) is 28.6 Å². The van der Waals surface area contributed by atoms with Crippen LogP contribution in [0.1, 0.15) is 28.4 Å². The summed E-state index contributed by atoms with van der Waals surface area (Å²) in [6.07, 6.45) is 0.956. The van der Waals surface area contributed by atoms with Crippen molar-refractivity contribution < 1.29 is 9.18 Å². The number of hydrogen-bond donors (Lipinski definition) is 0. The lowest BCUT2D eigenvalue weighted by atomic mass is 9.80. The van der Waals surface area contributed by atoms with E-state index in [0.29, 0.717) is 25.2 Å². The Hall–Kier alpha value is -3.73. The molecule has 4 aromatic rings. The van der Waals surface area contributed by atoms with Crippen molar-refractivity contribution in [2.75, 3.05) is 13.1 Å². The first kappa shape index (κ1) is 19.9. The summed E-state index contributed by atoms with van der Waals surface area (Å²) in [5.41, 5.74) is 3.67. The zero-order chi connectivity index (χ0) is 22.5.